The summed E-state index contributed by atoms with van der Waals surface area (Å²) < 4.78 is 4.81. The SMILES string of the molecule is CCCCC(/C=N\O)C(=O)OCC. The van der Waals surface area contributed by atoms with Gasteiger partial charge < -0.3 is 9.94 Å². The number of carbonyl (C=O) groups is 1. The van der Waals surface area contributed by atoms with Crippen LogP contribution in [0.2, 0.25) is 0 Å². The van der Waals surface area contributed by atoms with E-state index in [0.717, 1.165) is 12.8 Å². The highest BCUT2D eigenvalue weighted by Gasteiger charge is 2.16. The Bertz CT molecular complexity index is 168. The Labute approximate surface area is 78.6 Å². The van der Waals surface area contributed by atoms with Crippen LogP contribution in [0.3, 0.4) is 0 Å². The predicted octanol–water partition coefficient (Wildman–Crippen LogP) is 1.82. The molecule has 0 heterocycles. The van der Waals surface area contributed by atoms with Gasteiger partial charge in [-0.15, -0.1) is 5.16 Å². The van der Waals surface area contributed by atoms with Gasteiger partial charge in [0.15, 0.2) is 0 Å². The first kappa shape index (κ1) is 11.9. The van der Waals surface area contributed by atoms with Gasteiger partial charge in [-0.25, -0.2) is 0 Å². The van der Waals surface area contributed by atoms with Gasteiger partial charge in [-0.05, 0) is 13.3 Å². The molecule has 0 saturated carbocycles. The number of hydrogen-bond donors (Lipinski definition) is 1. The number of ether oxygens (including phenoxy) is 1. The van der Waals surface area contributed by atoms with Gasteiger partial charge in [0.2, 0.25) is 0 Å². The summed E-state index contributed by atoms with van der Waals surface area (Å²) in [5.41, 5.74) is 0. The molecule has 0 rings (SSSR count). The van der Waals surface area contributed by atoms with Crippen molar-refractivity contribution in [3.63, 3.8) is 0 Å². The van der Waals surface area contributed by atoms with E-state index in [1.807, 2.05) is 6.92 Å². The molecule has 0 bridgehead atoms. The molecule has 0 aromatic rings. The minimum atomic E-state index is -0.398. The molecule has 0 fully saturated rings. The van der Waals surface area contributed by atoms with E-state index in [-0.39, 0.29) is 5.97 Å². The van der Waals surface area contributed by atoms with Crippen molar-refractivity contribution >= 4 is 12.2 Å². The normalized spacial score (nSPS) is 13.1. The maximum absolute atomic E-state index is 11.2. The van der Waals surface area contributed by atoms with Crippen molar-refractivity contribution in [1.29, 1.82) is 0 Å². The number of rotatable bonds is 6. The number of hydrogen-bond acceptors (Lipinski definition) is 4. The zero-order valence-corrected chi connectivity index (χ0v) is 8.19. The Morgan fingerprint density at radius 3 is 2.77 bits per heavy atom. The van der Waals surface area contributed by atoms with Crippen LogP contribution in [-0.2, 0) is 9.53 Å². The average molecular weight is 187 g/mol. The zero-order valence-electron chi connectivity index (χ0n) is 8.19. The second-order valence-corrected chi connectivity index (χ2v) is 2.77. The molecule has 0 aromatic carbocycles. The lowest BCUT2D eigenvalue weighted by atomic mass is 10.0. The summed E-state index contributed by atoms with van der Waals surface area (Å²) in [4.78, 5) is 11.2. The summed E-state index contributed by atoms with van der Waals surface area (Å²) in [7, 11) is 0. The van der Waals surface area contributed by atoms with Crippen molar-refractivity contribution < 1.29 is 14.7 Å². The molecule has 0 amide bonds. The number of esters is 1. The summed E-state index contributed by atoms with van der Waals surface area (Å²) in [5, 5.41) is 11.2. The monoisotopic (exact) mass is 187 g/mol. The van der Waals surface area contributed by atoms with Gasteiger partial charge in [0.05, 0.1) is 18.7 Å². The van der Waals surface area contributed by atoms with Gasteiger partial charge in [-0.3, -0.25) is 4.79 Å². The van der Waals surface area contributed by atoms with Gasteiger partial charge in [0.1, 0.15) is 0 Å². The molecule has 0 aliphatic carbocycles. The molecular formula is C9H17NO3. The van der Waals surface area contributed by atoms with Crippen molar-refractivity contribution in [2.24, 2.45) is 11.1 Å². The third kappa shape index (κ3) is 5.22. The van der Waals surface area contributed by atoms with E-state index in [9.17, 15) is 4.79 Å². The summed E-state index contributed by atoms with van der Waals surface area (Å²) in [6.07, 6.45) is 3.84. The van der Waals surface area contributed by atoms with Gasteiger partial charge in [0, 0.05) is 0 Å². The Kier molecular flexibility index (Phi) is 6.96. The second-order valence-electron chi connectivity index (χ2n) is 2.77. The number of nitrogens with zero attached hydrogens (tertiary/aromatic N) is 1. The Balaban J connectivity index is 3.98. The predicted molar refractivity (Wildman–Crippen MR) is 49.9 cm³/mol. The van der Waals surface area contributed by atoms with Crippen molar-refractivity contribution in [3.05, 3.63) is 0 Å². The first-order chi connectivity index (χ1) is 6.26. The fourth-order valence-corrected chi connectivity index (χ4v) is 1.01. The molecule has 0 radical (unpaired) electrons. The maximum atomic E-state index is 11.2. The van der Waals surface area contributed by atoms with Crippen LogP contribution in [0.15, 0.2) is 5.16 Å². The van der Waals surface area contributed by atoms with Crippen LogP contribution in [0, 0.1) is 5.92 Å². The molecular weight excluding hydrogens is 170 g/mol. The molecule has 0 aromatic heterocycles. The summed E-state index contributed by atoms with van der Waals surface area (Å²) in [6, 6.07) is 0. The smallest absolute Gasteiger partial charge is 0.314 e. The number of oxime groups is 1. The summed E-state index contributed by atoms with van der Waals surface area (Å²) >= 11 is 0. The second kappa shape index (κ2) is 7.58. The van der Waals surface area contributed by atoms with E-state index in [2.05, 4.69) is 5.16 Å². The van der Waals surface area contributed by atoms with Gasteiger partial charge in [0.25, 0.3) is 0 Å². The van der Waals surface area contributed by atoms with Gasteiger partial charge >= 0.3 is 5.97 Å². The van der Waals surface area contributed by atoms with E-state index in [0.29, 0.717) is 13.0 Å². The van der Waals surface area contributed by atoms with Crippen molar-refractivity contribution in [2.75, 3.05) is 6.61 Å². The molecule has 13 heavy (non-hydrogen) atoms. The Hall–Kier alpha value is -1.06. The fourth-order valence-electron chi connectivity index (χ4n) is 1.01. The zero-order chi connectivity index (χ0) is 10.1. The highest BCUT2D eigenvalue weighted by Crippen LogP contribution is 2.08. The van der Waals surface area contributed by atoms with Crippen molar-refractivity contribution in [1.82, 2.24) is 0 Å². The highest BCUT2D eigenvalue weighted by atomic mass is 16.5. The Morgan fingerprint density at radius 2 is 2.31 bits per heavy atom. The first-order valence-corrected chi connectivity index (χ1v) is 4.60. The topological polar surface area (TPSA) is 58.9 Å². The molecule has 1 unspecified atom stereocenters. The fraction of sp³-hybridized carbons (Fsp3) is 0.778. The quantitative estimate of drug-likeness (QED) is 0.298. The minimum Gasteiger partial charge on any atom is -0.465 e. The highest BCUT2D eigenvalue weighted by molar-refractivity contribution is 5.89. The number of unbranched alkanes of at least 4 members (excludes halogenated alkanes) is 1. The lowest BCUT2D eigenvalue weighted by molar-refractivity contribution is -0.145. The van der Waals surface area contributed by atoms with Crippen LogP contribution in [0.25, 0.3) is 0 Å². The standard InChI is InChI=1S/C9H17NO3/c1-3-5-6-8(7-10-12)9(11)13-4-2/h7-8,12H,3-6H2,1-2H3/b10-7-. The van der Waals surface area contributed by atoms with Gasteiger partial charge in [-0.2, -0.15) is 0 Å². The van der Waals surface area contributed by atoms with Crippen LogP contribution >= 0.6 is 0 Å². The van der Waals surface area contributed by atoms with E-state index in [1.165, 1.54) is 6.21 Å². The lowest BCUT2D eigenvalue weighted by Gasteiger charge is -2.08. The minimum absolute atomic E-state index is 0.311. The largest absolute Gasteiger partial charge is 0.465 e. The summed E-state index contributed by atoms with van der Waals surface area (Å²) in [6.45, 7) is 4.16. The molecule has 4 nitrogen and oxygen atoms in total. The lowest BCUT2D eigenvalue weighted by Crippen LogP contribution is -2.19. The molecule has 0 aliphatic heterocycles. The first-order valence-electron chi connectivity index (χ1n) is 4.60. The molecule has 0 aliphatic rings. The van der Waals surface area contributed by atoms with Crippen LogP contribution in [0.5, 0.6) is 0 Å². The van der Waals surface area contributed by atoms with Crippen molar-refractivity contribution in [3.8, 4) is 0 Å². The average Bonchev–Trinajstić information content (AvgIpc) is 2.12. The van der Waals surface area contributed by atoms with E-state index in [4.69, 9.17) is 9.94 Å². The van der Waals surface area contributed by atoms with E-state index >= 15 is 0 Å². The molecule has 1 atom stereocenters. The van der Waals surface area contributed by atoms with Crippen LogP contribution in [0.4, 0.5) is 0 Å². The molecule has 1 N–H and O–H groups in total. The number of carbonyl (C=O) groups excluding carboxylic acids is 1. The van der Waals surface area contributed by atoms with Crippen LogP contribution < -0.4 is 0 Å². The van der Waals surface area contributed by atoms with Crippen molar-refractivity contribution in [2.45, 2.75) is 33.1 Å². The third-order valence-corrected chi connectivity index (χ3v) is 1.70. The molecule has 4 heteroatoms. The molecule has 0 spiro atoms. The van der Waals surface area contributed by atoms with Crippen LogP contribution in [-0.4, -0.2) is 24.0 Å². The molecule has 76 valence electrons. The summed E-state index contributed by atoms with van der Waals surface area (Å²) in [5.74, 6) is -0.710. The van der Waals surface area contributed by atoms with E-state index < -0.39 is 5.92 Å². The molecule has 0 saturated heterocycles. The maximum Gasteiger partial charge on any atom is 0.314 e. The van der Waals surface area contributed by atoms with Crippen LogP contribution in [0.1, 0.15) is 33.1 Å². The Morgan fingerprint density at radius 1 is 1.62 bits per heavy atom. The van der Waals surface area contributed by atoms with Gasteiger partial charge in [-0.1, -0.05) is 19.8 Å². The van der Waals surface area contributed by atoms with E-state index in [1.54, 1.807) is 6.92 Å². The third-order valence-electron chi connectivity index (χ3n) is 1.70.